The summed E-state index contributed by atoms with van der Waals surface area (Å²) in [6.45, 7) is 0.239. The van der Waals surface area contributed by atoms with Crippen LogP contribution in [0.4, 0.5) is 4.39 Å². The maximum absolute atomic E-state index is 13.3. The summed E-state index contributed by atoms with van der Waals surface area (Å²) >= 11 is 1.32. The summed E-state index contributed by atoms with van der Waals surface area (Å²) in [6.07, 6.45) is 6.65. The fraction of sp³-hybridized carbons (Fsp3) is 0.185. The number of carbonyl (C=O) groups is 2. The number of ether oxygens (including phenoxy) is 2. The summed E-state index contributed by atoms with van der Waals surface area (Å²) in [5.41, 5.74) is 2.47. The number of carbonyl (C=O) groups excluding carboxylic acids is 2. The molecule has 0 atom stereocenters. The summed E-state index contributed by atoms with van der Waals surface area (Å²) in [5.74, 6) is -1.22. The standard InChI is InChI=1S/C27H23FN4O5S/c1-36-25(34)22-8-5-18(10-23(22)26(35)37-2)13-32-14-20(9-19-11-29-16-30-12-19)24(33)31-27(32)38-15-17-3-6-21(28)7-4-17/h3-8,10-12,14,16H,9,13,15H2,1-2H3. The Morgan fingerprint density at radius 1 is 0.921 bits per heavy atom. The van der Waals surface area contributed by atoms with Crippen molar-refractivity contribution in [2.75, 3.05) is 14.2 Å². The van der Waals surface area contributed by atoms with Crippen LogP contribution < -0.4 is 5.56 Å². The number of benzene rings is 2. The van der Waals surface area contributed by atoms with Crippen LogP contribution in [-0.4, -0.2) is 45.7 Å². The van der Waals surface area contributed by atoms with Crippen LogP contribution in [0.25, 0.3) is 0 Å². The second kappa shape index (κ2) is 12.2. The lowest BCUT2D eigenvalue weighted by Gasteiger charge is -2.15. The van der Waals surface area contributed by atoms with Crippen molar-refractivity contribution < 1.29 is 23.5 Å². The molecular weight excluding hydrogens is 511 g/mol. The van der Waals surface area contributed by atoms with E-state index < -0.39 is 11.9 Å². The molecule has 0 bridgehead atoms. The smallest absolute Gasteiger partial charge is 0.338 e. The zero-order chi connectivity index (χ0) is 27.1. The van der Waals surface area contributed by atoms with Crippen LogP contribution >= 0.6 is 11.8 Å². The van der Waals surface area contributed by atoms with Gasteiger partial charge in [0.1, 0.15) is 12.1 Å². The highest BCUT2D eigenvalue weighted by atomic mass is 32.2. The summed E-state index contributed by atoms with van der Waals surface area (Å²) in [7, 11) is 2.46. The minimum Gasteiger partial charge on any atom is -0.465 e. The van der Waals surface area contributed by atoms with Gasteiger partial charge >= 0.3 is 11.9 Å². The van der Waals surface area contributed by atoms with Crippen molar-refractivity contribution in [3.63, 3.8) is 0 Å². The summed E-state index contributed by atoms with van der Waals surface area (Å²) in [6, 6.07) is 10.8. The summed E-state index contributed by atoms with van der Waals surface area (Å²) < 4.78 is 24.7. The predicted octanol–water partition coefficient (Wildman–Crippen LogP) is 3.68. The normalized spacial score (nSPS) is 10.7. The number of halogens is 1. The van der Waals surface area contributed by atoms with Gasteiger partial charge in [-0.05, 0) is 41.0 Å². The van der Waals surface area contributed by atoms with E-state index in [1.54, 1.807) is 47.4 Å². The van der Waals surface area contributed by atoms with Crippen molar-refractivity contribution >= 4 is 23.7 Å². The first kappa shape index (κ1) is 26.7. The first-order valence-electron chi connectivity index (χ1n) is 11.4. The monoisotopic (exact) mass is 534 g/mol. The van der Waals surface area contributed by atoms with Gasteiger partial charge in [-0.2, -0.15) is 4.98 Å². The molecule has 0 aliphatic carbocycles. The third kappa shape index (κ3) is 6.48. The fourth-order valence-corrected chi connectivity index (χ4v) is 4.61. The van der Waals surface area contributed by atoms with Crippen LogP contribution in [0.15, 0.2) is 77.3 Å². The number of hydrogen-bond acceptors (Lipinski definition) is 9. The molecule has 0 fully saturated rings. The van der Waals surface area contributed by atoms with E-state index in [2.05, 4.69) is 15.0 Å². The lowest BCUT2D eigenvalue weighted by atomic mass is 10.0. The Morgan fingerprint density at radius 3 is 2.26 bits per heavy atom. The SMILES string of the molecule is COC(=O)c1ccc(Cn2cc(Cc3cncnc3)c(=O)nc2SCc2ccc(F)cc2)cc1C(=O)OC. The molecule has 4 rings (SSSR count). The van der Waals surface area contributed by atoms with Gasteiger partial charge < -0.3 is 14.0 Å². The quantitative estimate of drug-likeness (QED) is 0.180. The third-order valence-corrected chi connectivity index (χ3v) is 6.63. The summed E-state index contributed by atoms with van der Waals surface area (Å²) in [4.78, 5) is 49.8. The molecule has 2 heterocycles. The van der Waals surface area contributed by atoms with Crippen molar-refractivity contribution in [3.8, 4) is 0 Å². The molecule has 194 valence electrons. The molecule has 0 saturated carbocycles. The van der Waals surface area contributed by atoms with E-state index in [4.69, 9.17) is 9.47 Å². The molecule has 0 saturated heterocycles. The average Bonchev–Trinajstić information content (AvgIpc) is 2.94. The van der Waals surface area contributed by atoms with Crippen molar-refractivity contribution in [3.05, 3.63) is 117 Å². The molecule has 11 heteroatoms. The Kier molecular flexibility index (Phi) is 8.59. The topological polar surface area (TPSA) is 113 Å². The van der Waals surface area contributed by atoms with Crippen LogP contribution in [0.5, 0.6) is 0 Å². The van der Waals surface area contributed by atoms with Gasteiger partial charge in [-0.1, -0.05) is 30.0 Å². The molecule has 0 aliphatic rings. The van der Waals surface area contributed by atoms with E-state index in [9.17, 15) is 18.8 Å². The summed E-state index contributed by atoms with van der Waals surface area (Å²) in [5, 5.41) is 0.434. The van der Waals surface area contributed by atoms with Crippen molar-refractivity contribution in [2.24, 2.45) is 0 Å². The average molecular weight is 535 g/mol. The Hall–Kier alpha value is -4.38. The minimum absolute atomic E-state index is 0.0630. The molecule has 9 nitrogen and oxygen atoms in total. The maximum Gasteiger partial charge on any atom is 0.338 e. The first-order chi connectivity index (χ1) is 18.4. The highest BCUT2D eigenvalue weighted by Crippen LogP contribution is 2.23. The number of aromatic nitrogens is 4. The van der Waals surface area contributed by atoms with Gasteiger partial charge in [0.15, 0.2) is 5.16 Å². The predicted molar refractivity (Wildman–Crippen MR) is 138 cm³/mol. The third-order valence-electron chi connectivity index (χ3n) is 5.57. The molecule has 2 aromatic carbocycles. The Morgan fingerprint density at radius 2 is 1.58 bits per heavy atom. The van der Waals surface area contributed by atoms with E-state index in [-0.39, 0.29) is 35.5 Å². The van der Waals surface area contributed by atoms with Gasteiger partial charge in [0.25, 0.3) is 5.56 Å². The number of rotatable bonds is 9. The fourth-order valence-electron chi connectivity index (χ4n) is 3.69. The molecule has 0 radical (unpaired) electrons. The number of esters is 2. The van der Waals surface area contributed by atoms with Crippen LogP contribution in [0, 0.1) is 5.82 Å². The Balaban J connectivity index is 1.71. The van der Waals surface area contributed by atoms with E-state index in [1.165, 1.54) is 50.5 Å². The lowest BCUT2D eigenvalue weighted by Crippen LogP contribution is -2.20. The van der Waals surface area contributed by atoms with E-state index >= 15 is 0 Å². The molecule has 0 aliphatic heterocycles. The largest absolute Gasteiger partial charge is 0.465 e. The number of hydrogen-bond donors (Lipinski definition) is 0. The van der Waals surface area contributed by atoms with Crippen LogP contribution in [-0.2, 0) is 28.2 Å². The zero-order valence-electron chi connectivity index (χ0n) is 20.6. The highest BCUT2D eigenvalue weighted by molar-refractivity contribution is 7.98. The van der Waals surface area contributed by atoms with Crippen LogP contribution in [0.3, 0.4) is 0 Å². The molecule has 4 aromatic rings. The molecule has 0 amide bonds. The second-order valence-electron chi connectivity index (χ2n) is 8.18. The number of methoxy groups -OCH3 is 2. The van der Waals surface area contributed by atoms with E-state index in [0.717, 1.165) is 11.1 Å². The maximum atomic E-state index is 13.3. The van der Waals surface area contributed by atoms with Gasteiger partial charge in [0, 0.05) is 42.9 Å². The highest BCUT2D eigenvalue weighted by Gasteiger charge is 2.20. The Bertz CT molecular complexity index is 1510. The first-order valence-corrected chi connectivity index (χ1v) is 12.4. The number of nitrogens with zero attached hydrogens (tertiary/aromatic N) is 4. The van der Waals surface area contributed by atoms with Gasteiger partial charge in [0.05, 0.1) is 25.3 Å². The zero-order valence-corrected chi connectivity index (χ0v) is 21.4. The van der Waals surface area contributed by atoms with Crippen molar-refractivity contribution in [2.45, 2.75) is 23.9 Å². The molecule has 0 N–H and O–H groups in total. The van der Waals surface area contributed by atoms with E-state index in [1.807, 2.05) is 0 Å². The van der Waals surface area contributed by atoms with Crippen molar-refractivity contribution in [1.29, 1.82) is 0 Å². The number of thioether (sulfide) groups is 1. The molecular formula is C27H23FN4O5S. The van der Waals surface area contributed by atoms with E-state index in [0.29, 0.717) is 22.0 Å². The van der Waals surface area contributed by atoms with Crippen molar-refractivity contribution in [1.82, 2.24) is 19.5 Å². The molecule has 0 unspecified atom stereocenters. The minimum atomic E-state index is -0.680. The molecule has 0 spiro atoms. The van der Waals surface area contributed by atoms with Gasteiger partial charge in [-0.3, -0.25) is 4.79 Å². The lowest BCUT2D eigenvalue weighted by molar-refractivity contribution is 0.0555. The van der Waals surface area contributed by atoms with Gasteiger partial charge in [0.2, 0.25) is 0 Å². The van der Waals surface area contributed by atoms with Crippen LogP contribution in [0.2, 0.25) is 0 Å². The van der Waals surface area contributed by atoms with Gasteiger partial charge in [-0.25, -0.2) is 23.9 Å². The molecule has 2 aromatic heterocycles. The second-order valence-corrected chi connectivity index (χ2v) is 9.13. The van der Waals surface area contributed by atoms with Gasteiger partial charge in [-0.15, -0.1) is 0 Å². The molecule has 38 heavy (non-hydrogen) atoms. The van der Waals surface area contributed by atoms with Crippen LogP contribution in [0.1, 0.15) is 43.0 Å². The Labute approximate surface area is 221 Å².